The number of aliphatic carboxylic acids is 1. The zero-order valence-corrected chi connectivity index (χ0v) is 67.3. The van der Waals surface area contributed by atoms with E-state index in [0.29, 0.717) is 12.8 Å². The van der Waals surface area contributed by atoms with E-state index in [9.17, 15) is 81.8 Å². The molecule has 608 valence electrons. The summed E-state index contributed by atoms with van der Waals surface area (Å²) >= 11 is 0. The molecule has 0 spiro atoms. The Morgan fingerprint density at radius 2 is 0.551 bits per heavy atom. The SMILES string of the molecule is CC(C)C[C@H](NC(=O)[C@H](C)NC(=O)[C@H](CC(C)C)NC(=O)[C@H](CC(C)C)NC(=O)[C@@H](NC(=O)[C@H](C)NC(=O)[C@@H]1CCCN1C(=O)[C@H](CC(C)C)NC(=O)[C@H](CC(C)C)NC(=O)[C@H](C)NC(=O)[C@@H](NC(=O)[C@H](C)NC(=O)[C@H](C)N)C(C)C)C(C)C)C(=O)N[C@@H](CC(C)C)C(=O)N[C@@H](C)C(=O)N1CCC[C@H]1C(=O)O. The third kappa shape index (κ3) is 31.7. The van der Waals surface area contributed by atoms with Gasteiger partial charge in [-0.25, -0.2) is 4.79 Å². The number of carbonyl (C=O) groups excluding carboxylic acids is 15. The first-order valence-corrected chi connectivity index (χ1v) is 38.1. The highest BCUT2D eigenvalue weighted by Crippen LogP contribution is 2.23. The lowest BCUT2D eigenvalue weighted by Crippen LogP contribution is -2.61. The van der Waals surface area contributed by atoms with Crippen LogP contribution < -0.4 is 74.9 Å². The Labute approximate surface area is 632 Å². The van der Waals surface area contributed by atoms with Crippen molar-refractivity contribution >= 4 is 94.6 Å². The van der Waals surface area contributed by atoms with E-state index in [-0.39, 0.29) is 100.0 Å². The van der Waals surface area contributed by atoms with E-state index in [4.69, 9.17) is 5.73 Å². The molecule has 0 aliphatic carbocycles. The van der Waals surface area contributed by atoms with Gasteiger partial charge in [0.1, 0.15) is 90.6 Å². The van der Waals surface area contributed by atoms with Gasteiger partial charge in [0, 0.05) is 13.1 Å². The molecule has 0 aromatic carbocycles. The fourth-order valence-corrected chi connectivity index (χ4v) is 12.5. The summed E-state index contributed by atoms with van der Waals surface area (Å²) in [6.45, 7) is 37.4. The molecule has 0 bridgehead atoms. The molecule has 0 unspecified atom stereocenters. The van der Waals surface area contributed by atoms with Gasteiger partial charge in [-0.1, -0.05) is 111 Å². The summed E-state index contributed by atoms with van der Waals surface area (Å²) in [5.74, 6) is -13.5. The van der Waals surface area contributed by atoms with Crippen LogP contribution in [0.2, 0.25) is 0 Å². The molecular weight excluding hydrogens is 1380 g/mol. The zero-order valence-electron chi connectivity index (χ0n) is 67.3. The lowest BCUT2D eigenvalue weighted by atomic mass is 9.98. The van der Waals surface area contributed by atoms with Gasteiger partial charge in [-0.15, -0.1) is 0 Å². The maximum absolute atomic E-state index is 14.6. The Bertz CT molecular complexity index is 3090. The Balaban J connectivity index is 2.25. The molecule has 2 heterocycles. The van der Waals surface area contributed by atoms with Gasteiger partial charge in [0.25, 0.3) is 0 Å². The molecule has 2 fully saturated rings. The van der Waals surface area contributed by atoms with Crippen LogP contribution in [0.1, 0.15) is 217 Å². The quantitative estimate of drug-likeness (QED) is 0.0393. The zero-order chi connectivity index (χ0) is 81.9. The van der Waals surface area contributed by atoms with Crippen LogP contribution in [0, 0.1) is 47.3 Å². The Morgan fingerprint density at radius 3 is 0.888 bits per heavy atom. The summed E-state index contributed by atoms with van der Waals surface area (Å²) in [4.78, 5) is 222. The number of nitrogens with two attached hydrogens (primary N) is 1. The van der Waals surface area contributed by atoms with E-state index in [1.54, 1.807) is 27.7 Å². The lowest BCUT2D eigenvalue weighted by Gasteiger charge is -2.32. The summed E-state index contributed by atoms with van der Waals surface area (Å²) in [6, 6.07) is -18.5. The van der Waals surface area contributed by atoms with E-state index in [1.807, 2.05) is 83.1 Å². The van der Waals surface area contributed by atoms with E-state index < -0.39 is 203 Å². The van der Waals surface area contributed by atoms with Gasteiger partial charge < -0.3 is 89.8 Å². The van der Waals surface area contributed by atoms with Crippen molar-refractivity contribution in [1.29, 1.82) is 0 Å². The standard InChI is InChI=1S/C74H130N16O17/c1-35(2)29-49(64(96)77-44(18)60(92)81-51(31-37(5)6)66(98)84-50(30-36(3)4)65(97)80-48(22)72(104)90-28-24-26-56(90)74(106)107)83-67(99)53(33-39(9)10)85-71(103)58(42(15)16)88-63(95)47(21)78-69(101)55-25-23-27-89(55)73(105)54(34-40(11)12)86-68(100)52(32-38(7)8)82-61(93)45(19)79-70(102)57(41(13)14)87-62(94)46(20)76-59(91)43(17)75/h35-58H,23-34,75H2,1-22H3,(H,76,91)(H,77,96)(H,78,101)(H,79,102)(H,80,97)(H,81,92)(H,82,93)(H,83,99)(H,84,98)(H,85,103)(H,86,100)(H,87,94)(H,88,95)(H,106,107)/t43-,44-,45-,46-,47-,48-,49-,50-,51-,52-,53-,54-,55-,56-,57-,58-/m0/s1. The molecule has 33 heteroatoms. The molecule has 2 saturated heterocycles. The average Bonchev–Trinajstić information content (AvgIpc) is 1.73. The molecule has 0 saturated carbocycles. The number of amides is 15. The highest BCUT2D eigenvalue weighted by atomic mass is 16.4. The van der Waals surface area contributed by atoms with Crippen LogP contribution in [0.5, 0.6) is 0 Å². The summed E-state index contributed by atoms with van der Waals surface area (Å²) in [5, 5.41) is 44.4. The Hall–Kier alpha value is -8.52. The second kappa shape index (κ2) is 44.7. The van der Waals surface area contributed by atoms with E-state index in [1.165, 1.54) is 51.3 Å². The van der Waals surface area contributed by atoms with Crippen LogP contribution in [0.15, 0.2) is 0 Å². The molecule has 2 aliphatic heterocycles. The van der Waals surface area contributed by atoms with Crippen LogP contribution in [0.4, 0.5) is 0 Å². The molecule has 16 atom stereocenters. The predicted molar refractivity (Wildman–Crippen MR) is 401 cm³/mol. The number of carboxylic acid groups (broad SMARTS) is 1. The fraction of sp³-hybridized carbons (Fsp3) is 0.784. The highest BCUT2D eigenvalue weighted by Gasteiger charge is 2.43. The minimum Gasteiger partial charge on any atom is -0.480 e. The minimum absolute atomic E-state index is 0.0815. The molecule has 107 heavy (non-hydrogen) atoms. The molecule has 15 amide bonds. The number of nitrogens with zero attached hydrogens (tertiary/aromatic N) is 2. The number of hydrogen-bond donors (Lipinski definition) is 15. The number of carboxylic acids is 1. The highest BCUT2D eigenvalue weighted by molar-refractivity contribution is 6.01. The van der Waals surface area contributed by atoms with E-state index in [2.05, 4.69) is 69.1 Å². The smallest absolute Gasteiger partial charge is 0.326 e. The topological polar surface area (TPSA) is 482 Å². The van der Waals surface area contributed by atoms with Gasteiger partial charge in [-0.3, -0.25) is 71.9 Å². The van der Waals surface area contributed by atoms with Crippen molar-refractivity contribution in [3.8, 4) is 0 Å². The van der Waals surface area contributed by atoms with Crippen LogP contribution >= 0.6 is 0 Å². The third-order valence-corrected chi connectivity index (χ3v) is 18.3. The molecule has 33 nitrogen and oxygen atoms in total. The van der Waals surface area contributed by atoms with Crippen molar-refractivity contribution in [3.05, 3.63) is 0 Å². The monoisotopic (exact) mass is 1510 g/mol. The largest absolute Gasteiger partial charge is 0.480 e. The van der Waals surface area contributed by atoms with Crippen molar-refractivity contribution in [2.45, 2.75) is 313 Å². The summed E-state index contributed by atoms with van der Waals surface area (Å²) in [7, 11) is 0. The van der Waals surface area contributed by atoms with Crippen LogP contribution in [0.3, 0.4) is 0 Å². The number of nitrogens with one attached hydrogen (secondary N) is 13. The predicted octanol–water partition coefficient (Wildman–Crippen LogP) is 0.391. The third-order valence-electron chi connectivity index (χ3n) is 18.3. The van der Waals surface area contributed by atoms with Crippen LogP contribution in [-0.2, 0) is 76.7 Å². The summed E-state index contributed by atoms with van der Waals surface area (Å²) in [6.07, 6.45) is 2.05. The van der Waals surface area contributed by atoms with Gasteiger partial charge >= 0.3 is 5.97 Å². The number of rotatable bonds is 43. The first-order valence-electron chi connectivity index (χ1n) is 38.1. The molecule has 0 aromatic rings. The molecule has 0 aromatic heterocycles. The maximum Gasteiger partial charge on any atom is 0.326 e. The molecular formula is C74H130N16O17. The van der Waals surface area contributed by atoms with Crippen molar-refractivity contribution in [1.82, 2.24) is 78.9 Å². The van der Waals surface area contributed by atoms with Crippen molar-refractivity contribution in [2.24, 2.45) is 53.1 Å². The van der Waals surface area contributed by atoms with Gasteiger partial charge in [-0.2, -0.15) is 0 Å². The molecule has 0 radical (unpaired) electrons. The van der Waals surface area contributed by atoms with E-state index in [0.717, 1.165) is 0 Å². The first-order chi connectivity index (χ1) is 49.6. The lowest BCUT2D eigenvalue weighted by molar-refractivity contribution is -0.149. The normalized spacial score (nSPS) is 18.4. The molecule has 2 rings (SSSR count). The van der Waals surface area contributed by atoms with Crippen molar-refractivity contribution in [3.63, 3.8) is 0 Å². The Morgan fingerprint density at radius 1 is 0.299 bits per heavy atom. The summed E-state index contributed by atoms with van der Waals surface area (Å²) < 4.78 is 0. The van der Waals surface area contributed by atoms with Gasteiger partial charge in [-0.05, 0) is 153 Å². The minimum atomic E-state index is -1.27. The number of carbonyl (C=O) groups is 16. The van der Waals surface area contributed by atoms with Crippen LogP contribution in [0.25, 0.3) is 0 Å². The van der Waals surface area contributed by atoms with Gasteiger partial charge in [0.05, 0.1) is 6.04 Å². The van der Waals surface area contributed by atoms with Gasteiger partial charge in [0.15, 0.2) is 0 Å². The number of hydrogen-bond acceptors (Lipinski definition) is 17. The first kappa shape index (κ1) is 94.6. The van der Waals surface area contributed by atoms with Crippen LogP contribution in [-0.4, -0.2) is 219 Å². The second-order valence-corrected chi connectivity index (χ2v) is 32.3. The number of likely N-dealkylation sites (tertiary alicyclic amines) is 2. The summed E-state index contributed by atoms with van der Waals surface area (Å²) in [5.41, 5.74) is 5.62. The molecule has 16 N–H and O–H groups in total. The average molecular weight is 1520 g/mol. The second-order valence-electron chi connectivity index (χ2n) is 32.3. The van der Waals surface area contributed by atoms with Crippen molar-refractivity contribution < 1.29 is 81.8 Å². The maximum atomic E-state index is 14.6. The van der Waals surface area contributed by atoms with Crippen molar-refractivity contribution in [2.75, 3.05) is 13.1 Å². The van der Waals surface area contributed by atoms with Gasteiger partial charge in [0.2, 0.25) is 88.6 Å². The van der Waals surface area contributed by atoms with E-state index >= 15 is 0 Å². The molecule has 2 aliphatic rings. The fourth-order valence-electron chi connectivity index (χ4n) is 12.5. The Kier molecular flexibility index (Phi) is 39.5.